The molecule has 3 nitrogen and oxygen atoms in total. The van der Waals surface area contributed by atoms with Gasteiger partial charge < -0.3 is 5.11 Å². The summed E-state index contributed by atoms with van der Waals surface area (Å²) >= 11 is 36.4. The third kappa shape index (κ3) is 4.14. The summed E-state index contributed by atoms with van der Waals surface area (Å²) < 4.78 is 0. The Kier molecular flexibility index (Phi) is 6.11. The van der Waals surface area contributed by atoms with Crippen LogP contribution < -0.4 is 0 Å². The van der Waals surface area contributed by atoms with Crippen LogP contribution in [-0.4, -0.2) is 16.1 Å². The number of hydrogen-bond acceptors (Lipinski definition) is 2. The van der Waals surface area contributed by atoms with E-state index in [0.717, 1.165) is 0 Å². The first-order chi connectivity index (χ1) is 12.7. The standard InChI is InChI=1S/C18H7Cl6NO2/c19-10-5-14(23)12(21)3-8(10)7-1-2-16(25-17(7)18(26)27)9-4-13(22)15(24)6-11(9)20/h1-6H,(H,26,27). The highest BCUT2D eigenvalue weighted by Crippen LogP contribution is 2.39. The van der Waals surface area contributed by atoms with Crippen LogP contribution in [0, 0.1) is 0 Å². The second-order valence-electron chi connectivity index (χ2n) is 5.39. The molecule has 1 heterocycles. The molecule has 2 aromatic carbocycles. The van der Waals surface area contributed by atoms with Crippen molar-refractivity contribution in [2.24, 2.45) is 0 Å². The van der Waals surface area contributed by atoms with Gasteiger partial charge in [-0.2, -0.15) is 0 Å². The van der Waals surface area contributed by atoms with E-state index in [2.05, 4.69) is 4.98 Å². The molecule has 138 valence electrons. The summed E-state index contributed by atoms with van der Waals surface area (Å²) in [5.41, 5.74) is 1.21. The van der Waals surface area contributed by atoms with Gasteiger partial charge in [0.05, 0.1) is 35.8 Å². The first kappa shape index (κ1) is 20.5. The molecule has 3 rings (SSSR count). The van der Waals surface area contributed by atoms with Gasteiger partial charge in [-0.3, -0.25) is 0 Å². The van der Waals surface area contributed by atoms with E-state index in [-0.39, 0.29) is 41.4 Å². The molecule has 0 aliphatic rings. The fraction of sp³-hybridized carbons (Fsp3) is 0. The van der Waals surface area contributed by atoms with Crippen molar-refractivity contribution in [3.63, 3.8) is 0 Å². The summed E-state index contributed by atoms with van der Waals surface area (Å²) in [4.78, 5) is 16.0. The van der Waals surface area contributed by atoms with Crippen molar-refractivity contribution in [2.75, 3.05) is 0 Å². The molecule has 0 spiro atoms. The minimum atomic E-state index is -1.25. The average molecular weight is 482 g/mol. The molecule has 0 unspecified atom stereocenters. The molecule has 1 N–H and O–H groups in total. The molecule has 0 aliphatic heterocycles. The molecular weight excluding hydrogens is 475 g/mol. The van der Waals surface area contributed by atoms with E-state index < -0.39 is 5.97 Å². The van der Waals surface area contributed by atoms with Gasteiger partial charge in [0.25, 0.3) is 0 Å². The number of aromatic nitrogens is 1. The summed E-state index contributed by atoms with van der Waals surface area (Å²) in [7, 11) is 0. The third-order valence-corrected chi connectivity index (χ3v) is 5.75. The number of carboxylic acid groups (broad SMARTS) is 1. The molecule has 0 saturated carbocycles. The van der Waals surface area contributed by atoms with Gasteiger partial charge in [0.2, 0.25) is 0 Å². The van der Waals surface area contributed by atoms with Gasteiger partial charge in [0.15, 0.2) is 5.69 Å². The Morgan fingerprint density at radius 3 is 1.70 bits per heavy atom. The Hall–Kier alpha value is -1.20. The maximum absolute atomic E-state index is 11.8. The van der Waals surface area contributed by atoms with E-state index in [4.69, 9.17) is 69.6 Å². The van der Waals surface area contributed by atoms with Crippen LogP contribution in [-0.2, 0) is 0 Å². The number of pyridine rings is 1. The molecule has 9 heteroatoms. The molecule has 0 amide bonds. The molecule has 0 atom stereocenters. The normalized spacial score (nSPS) is 10.9. The Labute approximate surface area is 184 Å². The number of halogens is 6. The number of carbonyl (C=O) groups is 1. The van der Waals surface area contributed by atoms with Crippen LogP contribution in [0.15, 0.2) is 36.4 Å². The first-order valence-electron chi connectivity index (χ1n) is 7.23. The number of benzene rings is 2. The summed E-state index contributed by atoms with van der Waals surface area (Å²) in [5, 5.41) is 11.2. The summed E-state index contributed by atoms with van der Waals surface area (Å²) in [5.74, 6) is -1.25. The van der Waals surface area contributed by atoms with E-state index >= 15 is 0 Å². The van der Waals surface area contributed by atoms with Gasteiger partial charge in [-0.05, 0) is 36.4 Å². The lowest BCUT2D eigenvalue weighted by molar-refractivity contribution is 0.0691. The lowest BCUT2D eigenvalue weighted by Crippen LogP contribution is -2.05. The number of nitrogens with zero attached hydrogens (tertiary/aromatic N) is 1. The third-order valence-electron chi connectivity index (χ3n) is 3.68. The zero-order valence-electron chi connectivity index (χ0n) is 13.0. The molecular formula is C18H7Cl6NO2. The fourth-order valence-electron chi connectivity index (χ4n) is 2.44. The maximum Gasteiger partial charge on any atom is 0.355 e. The molecule has 0 fully saturated rings. The van der Waals surface area contributed by atoms with Crippen LogP contribution in [0.25, 0.3) is 22.4 Å². The lowest BCUT2D eigenvalue weighted by atomic mass is 10.0. The minimum Gasteiger partial charge on any atom is -0.476 e. The van der Waals surface area contributed by atoms with Crippen molar-refractivity contribution in [3.8, 4) is 22.4 Å². The Balaban J connectivity index is 2.22. The predicted octanol–water partition coefficient (Wildman–Crippen LogP) is 8.03. The molecule has 0 radical (unpaired) electrons. The van der Waals surface area contributed by atoms with Gasteiger partial charge in [-0.1, -0.05) is 69.6 Å². The van der Waals surface area contributed by atoms with Crippen LogP contribution in [0.1, 0.15) is 10.5 Å². The molecule has 3 aromatic rings. The highest BCUT2D eigenvalue weighted by molar-refractivity contribution is 6.44. The quantitative estimate of drug-likeness (QED) is 0.385. The van der Waals surface area contributed by atoms with Crippen LogP contribution in [0.3, 0.4) is 0 Å². The Morgan fingerprint density at radius 2 is 1.15 bits per heavy atom. The summed E-state index contributed by atoms with van der Waals surface area (Å²) in [6.45, 7) is 0. The van der Waals surface area contributed by atoms with E-state index in [9.17, 15) is 9.90 Å². The maximum atomic E-state index is 11.8. The van der Waals surface area contributed by atoms with Crippen molar-refractivity contribution in [3.05, 3.63) is 72.2 Å². The largest absolute Gasteiger partial charge is 0.476 e. The predicted molar refractivity (Wildman–Crippen MR) is 112 cm³/mol. The SMILES string of the molecule is O=C(O)c1nc(-c2cc(Cl)c(Cl)cc2Cl)ccc1-c1cc(Cl)c(Cl)cc1Cl. The molecule has 1 aromatic heterocycles. The molecule has 0 aliphatic carbocycles. The molecule has 0 bridgehead atoms. The van der Waals surface area contributed by atoms with Gasteiger partial charge in [-0.15, -0.1) is 0 Å². The zero-order valence-corrected chi connectivity index (χ0v) is 17.6. The van der Waals surface area contributed by atoms with E-state index in [1.807, 2.05) is 0 Å². The van der Waals surface area contributed by atoms with Crippen molar-refractivity contribution in [1.29, 1.82) is 0 Å². The van der Waals surface area contributed by atoms with Crippen LogP contribution in [0.5, 0.6) is 0 Å². The van der Waals surface area contributed by atoms with Crippen molar-refractivity contribution in [1.82, 2.24) is 4.98 Å². The highest BCUT2D eigenvalue weighted by atomic mass is 35.5. The molecule has 0 saturated heterocycles. The van der Waals surface area contributed by atoms with E-state index in [1.165, 1.54) is 24.3 Å². The van der Waals surface area contributed by atoms with E-state index in [0.29, 0.717) is 16.8 Å². The number of aromatic carboxylic acids is 1. The zero-order chi connectivity index (χ0) is 19.9. The summed E-state index contributed by atoms with van der Waals surface area (Å²) in [6.07, 6.45) is 0. The van der Waals surface area contributed by atoms with Gasteiger partial charge in [0, 0.05) is 16.7 Å². The lowest BCUT2D eigenvalue weighted by Gasteiger charge is -2.12. The minimum absolute atomic E-state index is 0.227. The highest BCUT2D eigenvalue weighted by Gasteiger charge is 2.20. The Morgan fingerprint density at radius 1 is 0.667 bits per heavy atom. The van der Waals surface area contributed by atoms with Crippen LogP contribution in [0.2, 0.25) is 30.1 Å². The number of carboxylic acids is 1. The van der Waals surface area contributed by atoms with Gasteiger partial charge in [0.1, 0.15) is 0 Å². The molecule has 27 heavy (non-hydrogen) atoms. The topological polar surface area (TPSA) is 50.2 Å². The van der Waals surface area contributed by atoms with Crippen LogP contribution in [0.4, 0.5) is 0 Å². The van der Waals surface area contributed by atoms with Gasteiger partial charge in [-0.25, -0.2) is 9.78 Å². The van der Waals surface area contributed by atoms with E-state index in [1.54, 1.807) is 12.1 Å². The second kappa shape index (κ2) is 8.04. The second-order valence-corrected chi connectivity index (χ2v) is 7.83. The van der Waals surface area contributed by atoms with Crippen molar-refractivity contribution in [2.45, 2.75) is 0 Å². The van der Waals surface area contributed by atoms with Crippen molar-refractivity contribution >= 4 is 75.6 Å². The number of hydrogen-bond donors (Lipinski definition) is 1. The van der Waals surface area contributed by atoms with Crippen LogP contribution >= 0.6 is 69.6 Å². The van der Waals surface area contributed by atoms with Gasteiger partial charge >= 0.3 is 5.97 Å². The monoisotopic (exact) mass is 479 g/mol. The van der Waals surface area contributed by atoms with Crippen molar-refractivity contribution < 1.29 is 9.90 Å². The number of rotatable bonds is 3. The Bertz CT molecular complexity index is 1080. The average Bonchev–Trinajstić information content (AvgIpc) is 2.61. The smallest absolute Gasteiger partial charge is 0.355 e. The summed E-state index contributed by atoms with van der Waals surface area (Å²) in [6, 6.07) is 9.08. The first-order valence-corrected chi connectivity index (χ1v) is 9.50. The fourth-order valence-corrected chi connectivity index (χ4v) is 3.73.